The van der Waals surface area contributed by atoms with Crippen molar-refractivity contribution in [2.75, 3.05) is 18.1 Å². The van der Waals surface area contributed by atoms with Gasteiger partial charge in [0.2, 0.25) is 0 Å². The van der Waals surface area contributed by atoms with E-state index in [9.17, 15) is 12.8 Å². The van der Waals surface area contributed by atoms with E-state index in [0.717, 1.165) is 12.1 Å². The first-order valence-corrected chi connectivity index (χ1v) is 7.84. The Bertz CT molecular complexity index is 501. The number of nitrogens with zero attached hydrogens (tertiary/aromatic N) is 1. The summed E-state index contributed by atoms with van der Waals surface area (Å²) in [5, 5.41) is 3.25. The molecule has 6 heteroatoms. The van der Waals surface area contributed by atoms with Crippen LogP contribution in [0.2, 0.25) is 0 Å². The number of hydrogen-bond acceptors (Lipinski definition) is 4. The second-order valence-electron chi connectivity index (χ2n) is 4.80. The number of hydrogen-bond donors (Lipinski definition) is 1. The highest BCUT2D eigenvalue weighted by Gasteiger charge is 2.27. The lowest BCUT2D eigenvalue weighted by molar-refractivity contribution is 0.470. The van der Waals surface area contributed by atoms with Gasteiger partial charge < -0.3 is 5.32 Å². The largest absolute Gasteiger partial charge is 0.309 e. The molecule has 0 aliphatic carbocycles. The minimum Gasteiger partial charge on any atom is -0.309 e. The highest BCUT2D eigenvalue weighted by atomic mass is 32.2. The Labute approximate surface area is 107 Å². The van der Waals surface area contributed by atoms with Crippen molar-refractivity contribution in [1.82, 2.24) is 10.3 Å². The fourth-order valence-corrected chi connectivity index (χ4v) is 3.99. The van der Waals surface area contributed by atoms with Crippen molar-refractivity contribution in [2.45, 2.75) is 19.4 Å². The Morgan fingerprint density at radius 1 is 1.56 bits per heavy atom. The van der Waals surface area contributed by atoms with Crippen molar-refractivity contribution in [3.8, 4) is 0 Å². The molecule has 1 aliphatic heterocycles. The molecule has 1 saturated heterocycles. The maximum absolute atomic E-state index is 12.7. The fraction of sp³-hybridized carbons (Fsp3) is 0.583. The lowest BCUT2D eigenvalue weighted by atomic mass is 10.1. The molecule has 0 amide bonds. The standard InChI is InChI=1S/C12H17FN2O2S/c1-9(12-3-2-11(13)7-15-12)14-6-10-4-5-18(16,17)8-10/h2-3,7,9-10,14H,4-6,8H2,1H3. The summed E-state index contributed by atoms with van der Waals surface area (Å²) in [4.78, 5) is 4.00. The normalized spacial score (nSPS) is 24.0. The Balaban J connectivity index is 1.85. The number of pyridine rings is 1. The summed E-state index contributed by atoms with van der Waals surface area (Å²) in [6, 6.07) is 3.01. The highest BCUT2D eigenvalue weighted by molar-refractivity contribution is 7.91. The molecular formula is C12H17FN2O2S. The number of rotatable bonds is 4. The van der Waals surface area contributed by atoms with Crippen LogP contribution in [0.4, 0.5) is 4.39 Å². The summed E-state index contributed by atoms with van der Waals surface area (Å²) in [7, 11) is -2.82. The minimum absolute atomic E-state index is 0.00564. The van der Waals surface area contributed by atoms with Crippen molar-refractivity contribution in [3.63, 3.8) is 0 Å². The molecule has 1 N–H and O–H groups in total. The molecule has 1 fully saturated rings. The summed E-state index contributed by atoms with van der Waals surface area (Å²) in [6.07, 6.45) is 1.91. The molecule has 100 valence electrons. The predicted octanol–water partition coefficient (Wildman–Crippen LogP) is 1.31. The number of nitrogens with one attached hydrogen (secondary N) is 1. The molecule has 0 saturated carbocycles. The zero-order valence-electron chi connectivity index (χ0n) is 10.3. The third-order valence-electron chi connectivity index (χ3n) is 3.23. The van der Waals surface area contributed by atoms with Crippen LogP contribution in [0.5, 0.6) is 0 Å². The van der Waals surface area contributed by atoms with Gasteiger partial charge in [-0.15, -0.1) is 0 Å². The molecule has 2 atom stereocenters. The Kier molecular flexibility index (Phi) is 3.97. The molecule has 18 heavy (non-hydrogen) atoms. The van der Waals surface area contributed by atoms with E-state index < -0.39 is 9.84 Å². The average Bonchev–Trinajstić information content (AvgIpc) is 2.67. The van der Waals surface area contributed by atoms with Crippen molar-refractivity contribution >= 4 is 9.84 Å². The molecule has 2 rings (SSSR count). The van der Waals surface area contributed by atoms with Crippen LogP contribution in [0, 0.1) is 11.7 Å². The van der Waals surface area contributed by atoms with Crippen LogP contribution >= 0.6 is 0 Å². The monoisotopic (exact) mass is 272 g/mol. The van der Waals surface area contributed by atoms with Gasteiger partial charge in [-0.3, -0.25) is 4.98 Å². The van der Waals surface area contributed by atoms with Gasteiger partial charge in [0.15, 0.2) is 9.84 Å². The van der Waals surface area contributed by atoms with Gasteiger partial charge in [-0.05, 0) is 37.9 Å². The van der Waals surface area contributed by atoms with Gasteiger partial charge >= 0.3 is 0 Å². The van der Waals surface area contributed by atoms with E-state index >= 15 is 0 Å². The topological polar surface area (TPSA) is 59.1 Å². The van der Waals surface area contributed by atoms with E-state index in [-0.39, 0.29) is 23.5 Å². The quantitative estimate of drug-likeness (QED) is 0.897. The first kappa shape index (κ1) is 13.4. The molecule has 4 nitrogen and oxygen atoms in total. The second-order valence-corrected chi connectivity index (χ2v) is 7.03. The van der Waals surface area contributed by atoms with Crippen LogP contribution in [0.3, 0.4) is 0 Å². The van der Waals surface area contributed by atoms with E-state index in [2.05, 4.69) is 10.3 Å². The Morgan fingerprint density at radius 2 is 2.33 bits per heavy atom. The average molecular weight is 272 g/mol. The molecule has 1 aromatic rings. The van der Waals surface area contributed by atoms with Crippen LogP contribution < -0.4 is 5.32 Å². The van der Waals surface area contributed by atoms with Crippen LogP contribution in [-0.2, 0) is 9.84 Å². The molecule has 0 aromatic carbocycles. The van der Waals surface area contributed by atoms with Crippen molar-refractivity contribution < 1.29 is 12.8 Å². The van der Waals surface area contributed by atoms with E-state index in [1.165, 1.54) is 12.3 Å². The molecule has 2 heterocycles. The molecule has 2 unspecified atom stereocenters. The van der Waals surface area contributed by atoms with Gasteiger partial charge in [-0.2, -0.15) is 0 Å². The first-order valence-electron chi connectivity index (χ1n) is 6.01. The van der Waals surface area contributed by atoms with Crippen LogP contribution in [-0.4, -0.2) is 31.5 Å². The fourth-order valence-electron chi connectivity index (χ4n) is 2.12. The Hall–Kier alpha value is -1.01. The molecule has 0 radical (unpaired) electrons. The van der Waals surface area contributed by atoms with E-state index in [1.807, 2.05) is 6.92 Å². The third-order valence-corrected chi connectivity index (χ3v) is 5.07. The van der Waals surface area contributed by atoms with Gasteiger partial charge in [-0.25, -0.2) is 12.8 Å². The maximum atomic E-state index is 12.7. The van der Waals surface area contributed by atoms with Crippen molar-refractivity contribution in [2.24, 2.45) is 5.92 Å². The lowest BCUT2D eigenvalue weighted by Gasteiger charge is -2.15. The van der Waals surface area contributed by atoms with Crippen molar-refractivity contribution in [1.29, 1.82) is 0 Å². The predicted molar refractivity (Wildman–Crippen MR) is 67.4 cm³/mol. The van der Waals surface area contributed by atoms with E-state index in [1.54, 1.807) is 6.07 Å². The van der Waals surface area contributed by atoms with Gasteiger partial charge in [0.05, 0.1) is 23.4 Å². The highest BCUT2D eigenvalue weighted by Crippen LogP contribution is 2.18. The second kappa shape index (κ2) is 5.32. The van der Waals surface area contributed by atoms with Crippen LogP contribution in [0.25, 0.3) is 0 Å². The van der Waals surface area contributed by atoms with Gasteiger partial charge in [-0.1, -0.05) is 0 Å². The van der Waals surface area contributed by atoms with Crippen molar-refractivity contribution in [3.05, 3.63) is 29.8 Å². The molecular weight excluding hydrogens is 255 g/mol. The first-order chi connectivity index (χ1) is 8.46. The molecule has 0 bridgehead atoms. The maximum Gasteiger partial charge on any atom is 0.150 e. The molecule has 0 spiro atoms. The van der Waals surface area contributed by atoms with Gasteiger partial charge in [0.1, 0.15) is 5.82 Å². The summed E-state index contributed by atoms with van der Waals surface area (Å²) in [6.45, 7) is 2.59. The minimum atomic E-state index is -2.82. The SMILES string of the molecule is CC(NCC1CCS(=O)(=O)C1)c1ccc(F)cn1. The number of halogens is 1. The zero-order valence-corrected chi connectivity index (χ0v) is 11.1. The third kappa shape index (κ3) is 3.49. The molecule has 1 aromatic heterocycles. The van der Waals surface area contributed by atoms with Crippen LogP contribution in [0.1, 0.15) is 25.1 Å². The zero-order chi connectivity index (χ0) is 13.2. The smallest absolute Gasteiger partial charge is 0.150 e. The Morgan fingerprint density at radius 3 is 2.89 bits per heavy atom. The number of aromatic nitrogens is 1. The summed E-state index contributed by atoms with van der Waals surface area (Å²) in [5.74, 6) is 0.386. The molecule has 1 aliphatic rings. The summed E-state index contributed by atoms with van der Waals surface area (Å²) < 4.78 is 35.3. The summed E-state index contributed by atoms with van der Waals surface area (Å²) >= 11 is 0. The van der Waals surface area contributed by atoms with Gasteiger partial charge in [0.25, 0.3) is 0 Å². The lowest BCUT2D eigenvalue weighted by Crippen LogP contribution is -2.27. The van der Waals surface area contributed by atoms with Gasteiger partial charge in [0, 0.05) is 6.04 Å². The number of sulfone groups is 1. The van der Waals surface area contributed by atoms with E-state index in [0.29, 0.717) is 12.3 Å². The summed E-state index contributed by atoms with van der Waals surface area (Å²) in [5.41, 5.74) is 0.761. The van der Waals surface area contributed by atoms with E-state index in [4.69, 9.17) is 0 Å². The van der Waals surface area contributed by atoms with Crippen LogP contribution in [0.15, 0.2) is 18.3 Å².